The van der Waals surface area contributed by atoms with E-state index in [1.54, 1.807) is 31.4 Å². The molecule has 20 heavy (non-hydrogen) atoms. The van der Waals surface area contributed by atoms with Crippen LogP contribution in [-0.4, -0.2) is 19.0 Å². The zero-order valence-electron chi connectivity index (χ0n) is 11.5. The molecule has 0 N–H and O–H groups in total. The zero-order chi connectivity index (χ0) is 14.1. The maximum Gasteiger partial charge on any atom is 0.194 e. The van der Waals surface area contributed by atoms with E-state index in [4.69, 9.17) is 9.47 Å². The number of Topliss-reactive ketones (excluding diaryl/α,β-unsaturated/α-hetero) is 1. The summed E-state index contributed by atoms with van der Waals surface area (Å²) in [6, 6.07) is 15.2. The summed E-state index contributed by atoms with van der Waals surface area (Å²) in [5.74, 6) is 0.770. The smallest absolute Gasteiger partial charge is 0.194 e. The van der Waals surface area contributed by atoms with Gasteiger partial charge in [0.25, 0.3) is 0 Å². The lowest BCUT2D eigenvalue weighted by atomic mass is 10.0. The van der Waals surface area contributed by atoms with E-state index in [0.717, 1.165) is 11.3 Å². The Morgan fingerprint density at radius 2 is 1.70 bits per heavy atom. The number of hydrogen-bond acceptors (Lipinski definition) is 3. The topological polar surface area (TPSA) is 38.8 Å². The second-order valence-electron chi connectivity index (χ2n) is 4.98. The summed E-state index contributed by atoms with van der Waals surface area (Å²) in [6.45, 7) is 2.04. The van der Waals surface area contributed by atoms with Gasteiger partial charge in [0.2, 0.25) is 0 Å². The standard InChI is InChI=1S/C17H16O3/c1-11-3-5-13(6-4-11)16-17(20-16)15(18)12-7-9-14(19-2)10-8-12/h3-10,16-17H,1-2H3/t16-,17-/m1/s1. The molecular formula is C17H16O3. The Kier molecular flexibility index (Phi) is 3.28. The van der Waals surface area contributed by atoms with Gasteiger partial charge in [-0.1, -0.05) is 29.8 Å². The molecule has 3 nitrogen and oxygen atoms in total. The van der Waals surface area contributed by atoms with Crippen molar-refractivity contribution in [2.45, 2.75) is 19.1 Å². The summed E-state index contributed by atoms with van der Waals surface area (Å²) in [5.41, 5.74) is 2.92. The van der Waals surface area contributed by atoms with Gasteiger partial charge in [0, 0.05) is 5.56 Å². The van der Waals surface area contributed by atoms with Crippen LogP contribution in [0.15, 0.2) is 48.5 Å². The summed E-state index contributed by atoms with van der Waals surface area (Å²) >= 11 is 0. The van der Waals surface area contributed by atoms with Gasteiger partial charge >= 0.3 is 0 Å². The quantitative estimate of drug-likeness (QED) is 0.630. The van der Waals surface area contributed by atoms with Crippen molar-refractivity contribution in [1.82, 2.24) is 0 Å². The van der Waals surface area contributed by atoms with E-state index in [0.29, 0.717) is 5.56 Å². The fourth-order valence-corrected chi connectivity index (χ4v) is 2.24. The lowest BCUT2D eigenvalue weighted by molar-refractivity contribution is 0.0953. The molecule has 3 rings (SSSR count). The summed E-state index contributed by atoms with van der Waals surface area (Å²) in [6.07, 6.45) is -0.462. The Morgan fingerprint density at radius 3 is 2.30 bits per heavy atom. The number of epoxide rings is 1. The fraction of sp³-hybridized carbons (Fsp3) is 0.235. The Labute approximate surface area is 118 Å². The lowest BCUT2D eigenvalue weighted by Gasteiger charge is -2.01. The minimum Gasteiger partial charge on any atom is -0.497 e. The first-order chi connectivity index (χ1) is 9.69. The van der Waals surface area contributed by atoms with Gasteiger partial charge in [-0.05, 0) is 36.8 Å². The van der Waals surface area contributed by atoms with Crippen molar-refractivity contribution in [3.8, 4) is 5.75 Å². The second kappa shape index (κ2) is 5.10. The number of hydrogen-bond donors (Lipinski definition) is 0. The summed E-state index contributed by atoms with van der Waals surface area (Å²) in [7, 11) is 1.61. The molecule has 1 aliphatic heterocycles. The third kappa shape index (κ3) is 2.45. The van der Waals surface area contributed by atoms with Crippen LogP contribution >= 0.6 is 0 Å². The molecule has 0 amide bonds. The predicted molar refractivity (Wildman–Crippen MR) is 76.1 cm³/mol. The van der Waals surface area contributed by atoms with Crippen molar-refractivity contribution in [2.24, 2.45) is 0 Å². The zero-order valence-corrected chi connectivity index (χ0v) is 11.5. The minimum atomic E-state index is -0.355. The molecule has 2 atom stereocenters. The number of ketones is 1. The van der Waals surface area contributed by atoms with Crippen LogP contribution in [-0.2, 0) is 4.74 Å². The highest BCUT2D eigenvalue weighted by atomic mass is 16.6. The van der Waals surface area contributed by atoms with Gasteiger partial charge < -0.3 is 9.47 Å². The highest BCUT2D eigenvalue weighted by molar-refractivity contribution is 6.01. The van der Waals surface area contributed by atoms with Crippen molar-refractivity contribution in [2.75, 3.05) is 7.11 Å². The Morgan fingerprint density at radius 1 is 1.05 bits per heavy atom. The van der Waals surface area contributed by atoms with Crippen LogP contribution in [0.2, 0.25) is 0 Å². The van der Waals surface area contributed by atoms with E-state index in [1.807, 2.05) is 31.2 Å². The maximum absolute atomic E-state index is 12.3. The number of carbonyl (C=O) groups is 1. The van der Waals surface area contributed by atoms with Crippen LogP contribution in [0.3, 0.4) is 0 Å². The predicted octanol–water partition coefficient (Wildman–Crippen LogP) is 3.33. The normalized spacial score (nSPS) is 20.5. The SMILES string of the molecule is COc1ccc(C(=O)[C@H]2O[C@@H]2c2ccc(C)cc2)cc1. The first-order valence-electron chi connectivity index (χ1n) is 6.59. The van der Waals surface area contributed by atoms with Crippen molar-refractivity contribution in [3.05, 3.63) is 65.2 Å². The molecule has 2 aromatic rings. The van der Waals surface area contributed by atoms with E-state index in [2.05, 4.69) is 0 Å². The van der Waals surface area contributed by atoms with Gasteiger partial charge in [0.15, 0.2) is 11.9 Å². The summed E-state index contributed by atoms with van der Waals surface area (Å²) in [4.78, 5) is 12.3. The van der Waals surface area contributed by atoms with E-state index in [1.165, 1.54) is 5.56 Å². The molecule has 3 heteroatoms. The van der Waals surface area contributed by atoms with Crippen molar-refractivity contribution < 1.29 is 14.3 Å². The van der Waals surface area contributed by atoms with E-state index in [-0.39, 0.29) is 18.0 Å². The highest BCUT2D eigenvalue weighted by Crippen LogP contribution is 2.40. The van der Waals surface area contributed by atoms with Crippen molar-refractivity contribution in [3.63, 3.8) is 0 Å². The number of rotatable bonds is 4. The molecule has 0 saturated carbocycles. The van der Waals surface area contributed by atoms with Crippen LogP contribution < -0.4 is 4.74 Å². The average Bonchev–Trinajstić information content (AvgIpc) is 3.28. The van der Waals surface area contributed by atoms with Gasteiger partial charge in [-0.2, -0.15) is 0 Å². The second-order valence-corrected chi connectivity index (χ2v) is 4.98. The Hall–Kier alpha value is -2.13. The van der Waals surface area contributed by atoms with Crippen LogP contribution in [0.4, 0.5) is 0 Å². The molecule has 0 bridgehead atoms. The number of carbonyl (C=O) groups excluding carboxylic acids is 1. The van der Waals surface area contributed by atoms with Crippen LogP contribution in [0.25, 0.3) is 0 Å². The Balaban J connectivity index is 1.71. The molecule has 2 aromatic carbocycles. The Bertz CT molecular complexity index is 614. The number of ether oxygens (including phenoxy) is 2. The van der Waals surface area contributed by atoms with Gasteiger partial charge in [-0.25, -0.2) is 0 Å². The van der Waals surface area contributed by atoms with Crippen LogP contribution in [0.5, 0.6) is 5.75 Å². The largest absolute Gasteiger partial charge is 0.497 e. The molecule has 0 spiro atoms. The maximum atomic E-state index is 12.3. The van der Waals surface area contributed by atoms with E-state index >= 15 is 0 Å². The van der Waals surface area contributed by atoms with E-state index in [9.17, 15) is 4.79 Å². The van der Waals surface area contributed by atoms with Gasteiger partial charge in [0.05, 0.1) is 7.11 Å². The molecule has 0 aliphatic carbocycles. The average molecular weight is 268 g/mol. The number of benzene rings is 2. The highest BCUT2D eigenvalue weighted by Gasteiger charge is 2.46. The molecular weight excluding hydrogens is 252 g/mol. The van der Waals surface area contributed by atoms with Gasteiger partial charge in [0.1, 0.15) is 11.9 Å². The molecule has 1 fully saturated rings. The van der Waals surface area contributed by atoms with E-state index < -0.39 is 0 Å². The third-order valence-corrected chi connectivity index (χ3v) is 3.53. The van der Waals surface area contributed by atoms with Crippen molar-refractivity contribution in [1.29, 1.82) is 0 Å². The summed E-state index contributed by atoms with van der Waals surface area (Å²) in [5, 5.41) is 0. The van der Waals surface area contributed by atoms with Crippen LogP contribution in [0, 0.1) is 6.92 Å². The molecule has 102 valence electrons. The molecule has 0 unspecified atom stereocenters. The fourth-order valence-electron chi connectivity index (χ4n) is 2.24. The van der Waals surface area contributed by atoms with Gasteiger partial charge in [-0.15, -0.1) is 0 Å². The number of aryl methyl sites for hydroxylation is 1. The molecule has 1 heterocycles. The van der Waals surface area contributed by atoms with Gasteiger partial charge in [-0.3, -0.25) is 4.79 Å². The summed E-state index contributed by atoms with van der Waals surface area (Å²) < 4.78 is 10.6. The first kappa shape index (κ1) is 12.9. The number of methoxy groups -OCH3 is 1. The minimum absolute atomic E-state index is 0.0261. The molecule has 1 aliphatic rings. The third-order valence-electron chi connectivity index (χ3n) is 3.53. The van der Waals surface area contributed by atoms with Crippen molar-refractivity contribution >= 4 is 5.78 Å². The van der Waals surface area contributed by atoms with Crippen LogP contribution in [0.1, 0.15) is 27.6 Å². The molecule has 0 radical (unpaired) electrons. The monoisotopic (exact) mass is 268 g/mol. The first-order valence-corrected chi connectivity index (χ1v) is 6.59. The lowest BCUT2D eigenvalue weighted by Crippen LogP contribution is -2.08. The molecule has 0 aromatic heterocycles. The molecule has 1 saturated heterocycles.